The zero-order valence-corrected chi connectivity index (χ0v) is 5.94. The smallest absolute Gasteiger partial charge is 0.257 e. The fourth-order valence-corrected chi connectivity index (χ4v) is 0.666. The molecule has 0 radical (unpaired) electrons. The average Bonchev–Trinajstić information content (AvgIpc) is 2.20. The number of aliphatic hydroxyl groups excluding tert-OH is 1. The minimum atomic E-state index is -0.0139. The van der Waals surface area contributed by atoms with Gasteiger partial charge in [-0.15, -0.1) is 0 Å². The molecule has 0 atom stereocenters. The van der Waals surface area contributed by atoms with Gasteiger partial charge < -0.3 is 5.11 Å². The molecule has 2 N–H and O–H groups in total. The van der Waals surface area contributed by atoms with E-state index < -0.39 is 0 Å². The normalized spacial score (nSPS) is 7.78. The number of aromatic nitrogens is 1. The van der Waals surface area contributed by atoms with E-state index in [1.165, 1.54) is 17.6 Å². The largest absolute Gasteiger partial charge is 0.397 e. The van der Waals surface area contributed by atoms with E-state index in [9.17, 15) is 4.79 Å². The molecule has 0 aliphatic heterocycles. The maximum atomic E-state index is 10.0. The van der Waals surface area contributed by atoms with E-state index in [4.69, 9.17) is 5.11 Å². The van der Waals surface area contributed by atoms with Crippen molar-refractivity contribution in [2.75, 3.05) is 6.61 Å². The number of aromatic amines is 1. The molecule has 0 aliphatic rings. The summed E-state index contributed by atoms with van der Waals surface area (Å²) in [5.74, 6) is 0. The first kappa shape index (κ1) is 8.39. The Kier molecular flexibility index (Phi) is 5.15. The molecule has 1 rings (SSSR count). The predicted octanol–water partition coefficient (Wildman–Crippen LogP) is 0.435. The molecule has 0 aliphatic carbocycles. The van der Waals surface area contributed by atoms with Gasteiger partial charge in [0.1, 0.15) is 0 Å². The number of hydrogen-bond donors (Lipinski definition) is 2. The summed E-state index contributed by atoms with van der Waals surface area (Å²) in [5.41, 5.74) is -0.0139. The average molecular weight is 147 g/mol. The molecular weight excluding hydrogens is 138 g/mol. The van der Waals surface area contributed by atoms with Crippen molar-refractivity contribution in [2.24, 2.45) is 0 Å². The molecule has 4 heteroatoms. The van der Waals surface area contributed by atoms with E-state index in [-0.39, 0.29) is 12.2 Å². The van der Waals surface area contributed by atoms with Crippen LogP contribution in [0.4, 0.5) is 0 Å². The van der Waals surface area contributed by atoms with Gasteiger partial charge in [0.15, 0.2) is 0 Å². The van der Waals surface area contributed by atoms with Crippen LogP contribution in [-0.4, -0.2) is 16.1 Å². The van der Waals surface area contributed by atoms with Gasteiger partial charge in [0.25, 0.3) is 5.56 Å². The second kappa shape index (κ2) is 5.53. The third-order valence-corrected chi connectivity index (χ3v) is 1.04. The van der Waals surface area contributed by atoms with Crippen LogP contribution in [0.15, 0.2) is 16.2 Å². The fraction of sp³-hybridized carbons (Fsp3) is 0.400. The van der Waals surface area contributed by atoms with Crippen molar-refractivity contribution in [3.63, 3.8) is 0 Å². The van der Waals surface area contributed by atoms with Crippen LogP contribution in [-0.2, 0) is 0 Å². The van der Waals surface area contributed by atoms with Crippen molar-refractivity contribution in [1.82, 2.24) is 4.37 Å². The third kappa shape index (κ3) is 5.26. The summed E-state index contributed by atoms with van der Waals surface area (Å²) in [4.78, 5) is 10.0. The van der Waals surface area contributed by atoms with E-state index >= 15 is 0 Å². The van der Waals surface area contributed by atoms with Crippen molar-refractivity contribution >= 4 is 11.5 Å². The van der Waals surface area contributed by atoms with Crippen molar-refractivity contribution in [3.8, 4) is 0 Å². The number of hydrogen-bond acceptors (Lipinski definition) is 3. The Morgan fingerprint density at radius 2 is 2.44 bits per heavy atom. The summed E-state index contributed by atoms with van der Waals surface area (Å²) in [6, 6.07) is 1.49. The van der Waals surface area contributed by atoms with Crippen molar-refractivity contribution in [2.45, 2.75) is 6.92 Å². The highest BCUT2D eigenvalue weighted by molar-refractivity contribution is 7.03. The molecule has 3 nitrogen and oxygen atoms in total. The van der Waals surface area contributed by atoms with Crippen LogP contribution in [0.25, 0.3) is 0 Å². The highest BCUT2D eigenvalue weighted by Crippen LogP contribution is 1.77. The van der Waals surface area contributed by atoms with Gasteiger partial charge in [0, 0.05) is 18.1 Å². The lowest BCUT2D eigenvalue weighted by molar-refractivity contribution is 0.318. The fourth-order valence-electron chi connectivity index (χ4n) is 0.222. The minimum absolute atomic E-state index is 0.0139. The van der Waals surface area contributed by atoms with Gasteiger partial charge in [-0.05, 0) is 6.92 Å². The van der Waals surface area contributed by atoms with Crippen LogP contribution in [0.2, 0.25) is 0 Å². The minimum Gasteiger partial charge on any atom is -0.397 e. The van der Waals surface area contributed by atoms with Gasteiger partial charge in [-0.25, -0.2) is 0 Å². The molecule has 0 bridgehead atoms. The second-order valence-corrected chi connectivity index (χ2v) is 1.92. The van der Waals surface area contributed by atoms with E-state index in [1.807, 2.05) is 0 Å². The standard InChI is InChI=1S/C3H3NOS.C2H6O/c5-3-1-2-6-4-3;1-2-3/h1-2H,(H,4,5);3H,2H2,1H3. The number of nitrogens with one attached hydrogen (secondary N) is 1. The van der Waals surface area contributed by atoms with E-state index in [0.717, 1.165) is 0 Å². The molecule has 0 amide bonds. The van der Waals surface area contributed by atoms with E-state index in [2.05, 4.69) is 4.37 Å². The van der Waals surface area contributed by atoms with Crippen molar-refractivity contribution in [3.05, 3.63) is 21.8 Å². The first-order valence-electron chi connectivity index (χ1n) is 2.54. The molecule has 0 saturated carbocycles. The maximum absolute atomic E-state index is 10.0. The highest BCUT2D eigenvalue weighted by Gasteiger charge is 1.72. The lowest BCUT2D eigenvalue weighted by atomic mass is 10.8. The summed E-state index contributed by atoms with van der Waals surface area (Å²) < 4.78 is 2.49. The molecule has 0 saturated heterocycles. The zero-order chi connectivity index (χ0) is 7.11. The Bertz CT molecular complexity index is 164. The Balaban J connectivity index is 0.000000187. The van der Waals surface area contributed by atoms with Gasteiger partial charge in [0.05, 0.1) is 0 Å². The molecular formula is C5H9NO2S. The number of aliphatic hydroxyl groups is 1. The lowest BCUT2D eigenvalue weighted by Crippen LogP contribution is -1.90. The number of H-pyrrole nitrogens is 1. The van der Waals surface area contributed by atoms with Crippen LogP contribution < -0.4 is 5.56 Å². The SMILES string of the molecule is CCO.O=c1ccs[nH]1. The second-order valence-electron chi connectivity index (χ2n) is 1.20. The van der Waals surface area contributed by atoms with Crippen LogP contribution in [0.1, 0.15) is 6.92 Å². The topological polar surface area (TPSA) is 53.1 Å². The molecule has 1 aromatic heterocycles. The van der Waals surface area contributed by atoms with Crippen molar-refractivity contribution < 1.29 is 5.11 Å². The molecule has 9 heavy (non-hydrogen) atoms. The molecule has 0 unspecified atom stereocenters. The Morgan fingerprint density at radius 1 is 1.89 bits per heavy atom. The Labute approximate surface area is 57.1 Å². The lowest BCUT2D eigenvalue weighted by Gasteiger charge is -1.52. The molecule has 1 aromatic rings. The van der Waals surface area contributed by atoms with Gasteiger partial charge in [0.2, 0.25) is 0 Å². The van der Waals surface area contributed by atoms with Gasteiger partial charge in [-0.1, -0.05) is 11.5 Å². The summed E-state index contributed by atoms with van der Waals surface area (Å²) in [6.07, 6.45) is 0. The van der Waals surface area contributed by atoms with Gasteiger partial charge in [-0.3, -0.25) is 9.17 Å². The van der Waals surface area contributed by atoms with E-state index in [0.29, 0.717) is 0 Å². The molecule has 0 fully saturated rings. The third-order valence-electron chi connectivity index (χ3n) is 0.447. The maximum Gasteiger partial charge on any atom is 0.257 e. The monoisotopic (exact) mass is 147 g/mol. The molecule has 0 aromatic carbocycles. The highest BCUT2D eigenvalue weighted by atomic mass is 32.1. The van der Waals surface area contributed by atoms with E-state index in [1.54, 1.807) is 12.3 Å². The molecule has 1 heterocycles. The molecule has 0 spiro atoms. The van der Waals surface area contributed by atoms with Gasteiger partial charge in [-0.2, -0.15) is 0 Å². The summed E-state index contributed by atoms with van der Waals surface area (Å²) >= 11 is 1.30. The summed E-state index contributed by atoms with van der Waals surface area (Å²) in [7, 11) is 0. The van der Waals surface area contributed by atoms with Crippen LogP contribution in [0.5, 0.6) is 0 Å². The first-order chi connectivity index (χ1) is 4.31. The van der Waals surface area contributed by atoms with Crippen LogP contribution >= 0.6 is 11.5 Å². The van der Waals surface area contributed by atoms with Crippen LogP contribution in [0, 0.1) is 0 Å². The summed E-state index contributed by atoms with van der Waals surface area (Å²) in [6.45, 7) is 1.93. The first-order valence-corrected chi connectivity index (χ1v) is 3.42. The van der Waals surface area contributed by atoms with Crippen LogP contribution in [0.3, 0.4) is 0 Å². The van der Waals surface area contributed by atoms with Gasteiger partial charge >= 0.3 is 0 Å². The predicted molar refractivity (Wildman–Crippen MR) is 37.7 cm³/mol. The Hall–Kier alpha value is -0.610. The quantitative estimate of drug-likeness (QED) is 0.559. The summed E-state index contributed by atoms with van der Waals surface area (Å²) in [5, 5.41) is 9.28. The zero-order valence-electron chi connectivity index (χ0n) is 5.13. The Morgan fingerprint density at radius 3 is 2.56 bits per heavy atom. The number of rotatable bonds is 0. The van der Waals surface area contributed by atoms with Crippen molar-refractivity contribution in [1.29, 1.82) is 0 Å². The molecule has 52 valence electrons.